The molecular weight excluding hydrogens is 382 g/mol. The molecule has 7 heteroatoms. The van der Waals surface area contributed by atoms with Crippen molar-refractivity contribution in [2.24, 2.45) is 5.92 Å². The van der Waals surface area contributed by atoms with Crippen molar-refractivity contribution in [2.75, 3.05) is 25.0 Å². The van der Waals surface area contributed by atoms with Crippen LogP contribution in [0.5, 0.6) is 0 Å². The highest BCUT2D eigenvalue weighted by Gasteiger charge is 2.39. The van der Waals surface area contributed by atoms with Gasteiger partial charge in [0.2, 0.25) is 11.8 Å². The second-order valence-electron chi connectivity index (χ2n) is 9.16. The van der Waals surface area contributed by atoms with Crippen molar-refractivity contribution >= 4 is 23.6 Å². The Bertz CT molecular complexity index is 759. The minimum atomic E-state index is -0.603. The number of ether oxygens (including phenoxy) is 1. The first-order valence-corrected chi connectivity index (χ1v) is 10.9. The van der Waals surface area contributed by atoms with Gasteiger partial charge in [0.15, 0.2) is 0 Å². The van der Waals surface area contributed by atoms with Crippen LogP contribution in [-0.4, -0.2) is 59.0 Å². The predicted molar refractivity (Wildman–Crippen MR) is 115 cm³/mol. The topological polar surface area (TPSA) is 79.0 Å². The zero-order valence-corrected chi connectivity index (χ0v) is 18.2. The molecule has 0 aliphatic carbocycles. The molecule has 2 fully saturated rings. The van der Waals surface area contributed by atoms with Gasteiger partial charge in [0.1, 0.15) is 11.6 Å². The molecule has 0 aromatic heterocycles. The first kappa shape index (κ1) is 22.1. The summed E-state index contributed by atoms with van der Waals surface area (Å²) in [5.74, 6) is -0.384. The van der Waals surface area contributed by atoms with Gasteiger partial charge in [-0.25, -0.2) is 4.79 Å². The molecule has 0 radical (unpaired) electrons. The van der Waals surface area contributed by atoms with E-state index < -0.39 is 17.7 Å². The molecule has 1 aromatic carbocycles. The summed E-state index contributed by atoms with van der Waals surface area (Å²) in [7, 11) is 0. The third-order valence-electron chi connectivity index (χ3n) is 5.56. The van der Waals surface area contributed by atoms with Crippen LogP contribution < -0.4 is 5.32 Å². The van der Waals surface area contributed by atoms with E-state index in [1.54, 1.807) is 9.80 Å². The van der Waals surface area contributed by atoms with E-state index in [1.807, 2.05) is 51.1 Å². The van der Waals surface area contributed by atoms with E-state index in [1.165, 1.54) is 0 Å². The number of nitrogens with one attached hydrogen (secondary N) is 1. The van der Waals surface area contributed by atoms with Crippen LogP contribution in [0.15, 0.2) is 30.3 Å². The second-order valence-corrected chi connectivity index (χ2v) is 9.16. The van der Waals surface area contributed by atoms with Crippen molar-refractivity contribution in [3.8, 4) is 0 Å². The third kappa shape index (κ3) is 5.74. The van der Waals surface area contributed by atoms with Gasteiger partial charge in [0.05, 0.1) is 5.92 Å². The largest absolute Gasteiger partial charge is 0.444 e. The quantitative estimate of drug-likeness (QED) is 0.817. The molecule has 2 saturated heterocycles. The van der Waals surface area contributed by atoms with E-state index >= 15 is 0 Å². The molecule has 0 bridgehead atoms. The maximum absolute atomic E-state index is 13.3. The van der Waals surface area contributed by atoms with E-state index in [2.05, 4.69) is 5.32 Å². The van der Waals surface area contributed by atoms with Gasteiger partial charge in [-0.3, -0.25) is 14.5 Å². The molecule has 0 saturated carbocycles. The molecule has 2 aliphatic heterocycles. The average Bonchev–Trinajstić information content (AvgIpc) is 2.73. The number of piperidine rings is 2. The lowest BCUT2D eigenvalue weighted by Gasteiger charge is -2.40. The van der Waals surface area contributed by atoms with Crippen LogP contribution in [0, 0.1) is 5.92 Å². The molecule has 3 amide bonds. The Balaban J connectivity index is 1.64. The van der Waals surface area contributed by atoms with E-state index in [9.17, 15) is 14.4 Å². The van der Waals surface area contributed by atoms with Crippen LogP contribution in [-0.2, 0) is 14.3 Å². The lowest BCUT2D eigenvalue weighted by Crippen LogP contribution is -2.56. The highest BCUT2D eigenvalue weighted by atomic mass is 16.6. The number of hydrogen-bond donors (Lipinski definition) is 1. The van der Waals surface area contributed by atoms with Crippen LogP contribution in [0.4, 0.5) is 10.5 Å². The number of amides is 3. The first-order chi connectivity index (χ1) is 14.2. The summed E-state index contributed by atoms with van der Waals surface area (Å²) >= 11 is 0. The summed E-state index contributed by atoms with van der Waals surface area (Å²) in [6, 6.07) is 8.84. The number of para-hydroxylation sites is 1. The van der Waals surface area contributed by atoms with E-state index in [0.717, 1.165) is 31.4 Å². The van der Waals surface area contributed by atoms with E-state index in [4.69, 9.17) is 4.74 Å². The molecule has 2 heterocycles. The van der Waals surface area contributed by atoms with Crippen LogP contribution in [0.3, 0.4) is 0 Å². The summed E-state index contributed by atoms with van der Waals surface area (Å²) in [5, 5.41) is 2.94. The summed E-state index contributed by atoms with van der Waals surface area (Å²) in [6.45, 7) is 7.00. The zero-order chi connectivity index (χ0) is 21.7. The van der Waals surface area contributed by atoms with Crippen molar-refractivity contribution in [2.45, 2.75) is 64.5 Å². The Morgan fingerprint density at radius 3 is 2.43 bits per heavy atom. The van der Waals surface area contributed by atoms with Crippen molar-refractivity contribution < 1.29 is 19.1 Å². The van der Waals surface area contributed by atoms with Gasteiger partial charge < -0.3 is 15.0 Å². The minimum Gasteiger partial charge on any atom is -0.444 e. The van der Waals surface area contributed by atoms with Crippen LogP contribution in [0.1, 0.15) is 52.9 Å². The molecule has 30 heavy (non-hydrogen) atoms. The Kier molecular flexibility index (Phi) is 7.00. The lowest BCUT2D eigenvalue weighted by molar-refractivity contribution is -0.141. The fourth-order valence-electron chi connectivity index (χ4n) is 4.10. The molecule has 3 rings (SSSR count). The molecule has 2 atom stereocenters. The van der Waals surface area contributed by atoms with Crippen molar-refractivity contribution in [1.82, 2.24) is 9.80 Å². The van der Waals surface area contributed by atoms with Gasteiger partial charge in [-0.05, 0) is 65.0 Å². The van der Waals surface area contributed by atoms with Crippen molar-refractivity contribution in [1.29, 1.82) is 0 Å². The number of nitrogens with zero attached hydrogens (tertiary/aromatic N) is 2. The lowest BCUT2D eigenvalue weighted by atomic mass is 9.94. The number of likely N-dealkylation sites (tertiary alicyclic amines) is 2. The number of carbonyl (C=O) groups excluding carboxylic acids is 3. The molecule has 0 spiro atoms. The van der Waals surface area contributed by atoms with Gasteiger partial charge in [-0.1, -0.05) is 18.2 Å². The molecule has 2 unspecified atom stereocenters. The van der Waals surface area contributed by atoms with Crippen LogP contribution in [0.2, 0.25) is 0 Å². The van der Waals surface area contributed by atoms with Gasteiger partial charge >= 0.3 is 6.09 Å². The molecule has 7 nitrogen and oxygen atoms in total. The van der Waals surface area contributed by atoms with Gasteiger partial charge in [0.25, 0.3) is 0 Å². The Hall–Kier alpha value is -2.57. The second kappa shape index (κ2) is 9.49. The fourth-order valence-corrected chi connectivity index (χ4v) is 4.10. The predicted octanol–water partition coefficient (Wildman–Crippen LogP) is 3.65. The van der Waals surface area contributed by atoms with Gasteiger partial charge in [-0.2, -0.15) is 0 Å². The monoisotopic (exact) mass is 415 g/mol. The average molecular weight is 416 g/mol. The highest BCUT2D eigenvalue weighted by Crippen LogP contribution is 2.25. The van der Waals surface area contributed by atoms with E-state index in [0.29, 0.717) is 26.1 Å². The Morgan fingerprint density at radius 2 is 1.73 bits per heavy atom. The fraction of sp³-hybridized carbons (Fsp3) is 0.609. The number of hydrogen-bond acceptors (Lipinski definition) is 4. The SMILES string of the molecule is CC(C)(C)OC(=O)N1CCCCC1C(=O)N1CCCC(C(=O)Nc2ccccc2)C1. The third-order valence-corrected chi connectivity index (χ3v) is 5.56. The number of rotatable bonds is 3. The standard InChI is InChI=1S/C23H33N3O4/c1-23(2,3)30-22(29)26-15-8-7-13-19(26)21(28)25-14-9-10-17(16-25)20(27)24-18-11-5-4-6-12-18/h4-6,11-12,17,19H,7-10,13-16H2,1-3H3,(H,24,27). The van der Waals surface area contributed by atoms with Crippen molar-refractivity contribution in [3.05, 3.63) is 30.3 Å². The summed E-state index contributed by atoms with van der Waals surface area (Å²) < 4.78 is 5.52. The Labute approximate surface area is 178 Å². The number of anilines is 1. The smallest absolute Gasteiger partial charge is 0.410 e. The van der Waals surface area contributed by atoms with Crippen molar-refractivity contribution in [3.63, 3.8) is 0 Å². The first-order valence-electron chi connectivity index (χ1n) is 10.9. The molecule has 164 valence electrons. The molecule has 2 aliphatic rings. The van der Waals surface area contributed by atoms with E-state index in [-0.39, 0.29) is 17.7 Å². The maximum atomic E-state index is 13.3. The molecule has 1 N–H and O–H groups in total. The minimum absolute atomic E-state index is 0.0636. The highest BCUT2D eigenvalue weighted by molar-refractivity contribution is 5.93. The number of benzene rings is 1. The summed E-state index contributed by atoms with van der Waals surface area (Å²) in [6.07, 6.45) is 3.50. The number of carbonyl (C=O) groups is 3. The summed E-state index contributed by atoms with van der Waals surface area (Å²) in [4.78, 5) is 42.0. The maximum Gasteiger partial charge on any atom is 0.410 e. The van der Waals surface area contributed by atoms with Gasteiger partial charge in [-0.15, -0.1) is 0 Å². The van der Waals surface area contributed by atoms with Crippen LogP contribution >= 0.6 is 0 Å². The van der Waals surface area contributed by atoms with Crippen LogP contribution in [0.25, 0.3) is 0 Å². The Morgan fingerprint density at radius 1 is 1.00 bits per heavy atom. The molecular formula is C23H33N3O4. The zero-order valence-electron chi connectivity index (χ0n) is 18.2. The van der Waals surface area contributed by atoms with Gasteiger partial charge in [0, 0.05) is 25.3 Å². The summed E-state index contributed by atoms with van der Waals surface area (Å²) in [5.41, 5.74) is 0.155. The normalized spacial score (nSPS) is 22.4. The molecule has 1 aromatic rings.